The average molecular weight is 343 g/mol. The lowest BCUT2D eigenvalue weighted by Crippen LogP contribution is -2.20. The van der Waals surface area contributed by atoms with Crippen LogP contribution in [0.4, 0.5) is 16.2 Å². The zero-order valence-corrected chi connectivity index (χ0v) is 13.9. The summed E-state index contributed by atoms with van der Waals surface area (Å²) in [6.07, 6.45) is 3.04. The molecule has 3 aromatic rings. The first-order valence-electron chi connectivity index (χ1n) is 7.21. The van der Waals surface area contributed by atoms with Crippen molar-refractivity contribution in [3.05, 3.63) is 59.1 Å². The third kappa shape index (κ3) is 3.52. The molecule has 0 unspecified atom stereocenters. The van der Waals surface area contributed by atoms with Gasteiger partial charge in [0.2, 0.25) is 0 Å². The molecule has 2 N–H and O–H groups in total. The van der Waals surface area contributed by atoms with Crippen LogP contribution in [-0.2, 0) is 0 Å². The van der Waals surface area contributed by atoms with Gasteiger partial charge in [-0.25, -0.2) is 19.4 Å². The number of rotatable bonds is 3. The molecule has 3 rings (SSSR count). The maximum absolute atomic E-state index is 12.0. The molecular formula is C16H15ClN6O. The lowest BCUT2D eigenvalue weighted by molar-refractivity contribution is 0.262. The van der Waals surface area contributed by atoms with Gasteiger partial charge in [0, 0.05) is 5.69 Å². The van der Waals surface area contributed by atoms with Crippen LogP contribution in [-0.4, -0.2) is 25.8 Å². The molecule has 2 aromatic heterocycles. The fourth-order valence-electron chi connectivity index (χ4n) is 2.17. The molecule has 2 heterocycles. The highest BCUT2D eigenvalue weighted by molar-refractivity contribution is 6.33. The third-order valence-corrected chi connectivity index (χ3v) is 3.55. The van der Waals surface area contributed by atoms with E-state index in [4.69, 9.17) is 11.6 Å². The number of para-hydroxylation sites is 1. The molecule has 0 saturated carbocycles. The van der Waals surface area contributed by atoms with Gasteiger partial charge in [0.1, 0.15) is 0 Å². The number of benzene rings is 1. The van der Waals surface area contributed by atoms with E-state index in [0.717, 1.165) is 11.4 Å². The van der Waals surface area contributed by atoms with Gasteiger partial charge in [-0.15, -0.1) is 0 Å². The minimum absolute atomic E-state index is 0.425. The Kier molecular flexibility index (Phi) is 4.43. The predicted molar refractivity (Wildman–Crippen MR) is 92.7 cm³/mol. The quantitative estimate of drug-likeness (QED) is 0.762. The molecule has 122 valence electrons. The fourth-order valence-corrected chi connectivity index (χ4v) is 2.36. The van der Waals surface area contributed by atoms with Crippen LogP contribution >= 0.6 is 11.6 Å². The number of aryl methyl sites for hydroxylation is 2. The highest BCUT2D eigenvalue weighted by Gasteiger charge is 2.08. The van der Waals surface area contributed by atoms with E-state index in [9.17, 15) is 4.79 Å². The molecular weight excluding hydrogens is 328 g/mol. The zero-order chi connectivity index (χ0) is 17.1. The third-order valence-electron chi connectivity index (χ3n) is 3.22. The molecule has 2 amide bonds. The van der Waals surface area contributed by atoms with Crippen molar-refractivity contribution < 1.29 is 4.79 Å². The van der Waals surface area contributed by atoms with Crippen LogP contribution < -0.4 is 10.6 Å². The van der Waals surface area contributed by atoms with Crippen molar-refractivity contribution in [2.45, 2.75) is 13.8 Å². The second-order valence-corrected chi connectivity index (χ2v) is 5.58. The number of hydrogen-bond donors (Lipinski definition) is 2. The molecule has 0 aliphatic carbocycles. The number of anilines is 2. The Bertz CT molecular complexity index is 875. The summed E-state index contributed by atoms with van der Waals surface area (Å²) in [5.74, 6) is 0.442. The number of nitrogens with one attached hydrogen (secondary N) is 2. The number of amides is 2. The van der Waals surface area contributed by atoms with Crippen LogP contribution in [0.5, 0.6) is 0 Å². The van der Waals surface area contributed by atoms with Crippen LogP contribution in [0, 0.1) is 13.8 Å². The molecule has 24 heavy (non-hydrogen) atoms. The number of carbonyl (C=O) groups excluding carboxylic acids is 1. The first kappa shape index (κ1) is 15.9. The molecule has 0 spiro atoms. The second kappa shape index (κ2) is 6.67. The van der Waals surface area contributed by atoms with Gasteiger partial charge in [0.05, 0.1) is 34.5 Å². The highest BCUT2D eigenvalue weighted by atomic mass is 35.5. The van der Waals surface area contributed by atoms with Crippen molar-refractivity contribution in [1.29, 1.82) is 0 Å². The van der Waals surface area contributed by atoms with E-state index in [-0.39, 0.29) is 0 Å². The molecule has 0 bridgehead atoms. The van der Waals surface area contributed by atoms with Crippen LogP contribution in [0.1, 0.15) is 11.4 Å². The van der Waals surface area contributed by atoms with E-state index in [0.29, 0.717) is 22.3 Å². The summed E-state index contributed by atoms with van der Waals surface area (Å²) in [7, 11) is 0. The van der Waals surface area contributed by atoms with E-state index >= 15 is 0 Å². The van der Waals surface area contributed by atoms with Gasteiger partial charge < -0.3 is 10.6 Å². The molecule has 0 fully saturated rings. The number of hydrogen-bond acceptors (Lipinski definition) is 4. The van der Waals surface area contributed by atoms with Crippen molar-refractivity contribution >= 4 is 29.0 Å². The summed E-state index contributed by atoms with van der Waals surface area (Å²) < 4.78 is 1.64. The fraction of sp³-hybridized carbons (Fsp3) is 0.125. The topological polar surface area (TPSA) is 84.7 Å². The molecule has 0 atom stereocenters. The summed E-state index contributed by atoms with van der Waals surface area (Å²) in [6, 6.07) is 8.50. The van der Waals surface area contributed by atoms with Gasteiger partial charge in [-0.3, -0.25) is 0 Å². The maximum Gasteiger partial charge on any atom is 0.323 e. The first-order valence-corrected chi connectivity index (χ1v) is 7.59. The molecule has 8 heteroatoms. The van der Waals surface area contributed by atoms with Gasteiger partial charge in [-0.2, -0.15) is 5.10 Å². The summed E-state index contributed by atoms with van der Waals surface area (Å²) in [5, 5.41) is 10.1. The van der Waals surface area contributed by atoms with Crippen molar-refractivity contribution in [3.8, 4) is 5.95 Å². The van der Waals surface area contributed by atoms with Gasteiger partial charge in [-0.05, 0) is 32.0 Å². The predicted octanol–water partition coefficient (Wildman–Crippen LogP) is 3.58. The molecule has 0 saturated heterocycles. The normalized spacial score (nSPS) is 10.5. The van der Waals surface area contributed by atoms with Crippen LogP contribution in [0.15, 0.2) is 42.7 Å². The van der Waals surface area contributed by atoms with Crippen molar-refractivity contribution in [3.63, 3.8) is 0 Å². The van der Waals surface area contributed by atoms with Crippen LogP contribution in [0.3, 0.4) is 0 Å². The first-order chi connectivity index (χ1) is 11.5. The standard InChI is InChI=1S/C16H15ClN6O/c1-10-7-11(2)23(22-10)15-18-8-12(9-19-15)20-16(24)21-14-6-4-3-5-13(14)17/h3-9H,1-2H3,(H2,20,21,24). The Morgan fingerprint density at radius 2 is 1.83 bits per heavy atom. The Hall–Kier alpha value is -2.93. The van der Waals surface area contributed by atoms with E-state index in [1.165, 1.54) is 12.4 Å². The SMILES string of the molecule is Cc1cc(C)n(-c2ncc(NC(=O)Nc3ccccc3Cl)cn2)n1. The summed E-state index contributed by atoms with van der Waals surface area (Å²) >= 11 is 6.00. The second-order valence-electron chi connectivity index (χ2n) is 5.17. The number of halogens is 1. The van der Waals surface area contributed by atoms with Crippen molar-refractivity contribution in [2.75, 3.05) is 10.6 Å². The molecule has 7 nitrogen and oxygen atoms in total. The maximum atomic E-state index is 12.0. The van der Waals surface area contributed by atoms with Gasteiger partial charge in [0.25, 0.3) is 5.95 Å². The van der Waals surface area contributed by atoms with E-state index in [1.807, 2.05) is 19.9 Å². The Morgan fingerprint density at radius 1 is 1.12 bits per heavy atom. The summed E-state index contributed by atoms with van der Waals surface area (Å²) in [4.78, 5) is 20.4. The van der Waals surface area contributed by atoms with Gasteiger partial charge in [-0.1, -0.05) is 23.7 Å². The monoisotopic (exact) mass is 342 g/mol. The lowest BCUT2D eigenvalue weighted by Gasteiger charge is -2.09. The summed E-state index contributed by atoms with van der Waals surface area (Å²) in [6.45, 7) is 3.82. The summed E-state index contributed by atoms with van der Waals surface area (Å²) in [5.41, 5.74) is 2.81. The van der Waals surface area contributed by atoms with Gasteiger partial charge in [0.15, 0.2) is 0 Å². The number of nitrogens with zero attached hydrogens (tertiary/aromatic N) is 4. The highest BCUT2D eigenvalue weighted by Crippen LogP contribution is 2.20. The Balaban J connectivity index is 1.69. The van der Waals surface area contributed by atoms with Crippen molar-refractivity contribution in [1.82, 2.24) is 19.7 Å². The van der Waals surface area contributed by atoms with E-state index < -0.39 is 6.03 Å². The molecule has 0 radical (unpaired) electrons. The Labute approximate surface area is 143 Å². The van der Waals surface area contributed by atoms with Crippen molar-refractivity contribution in [2.24, 2.45) is 0 Å². The number of carbonyl (C=O) groups is 1. The minimum atomic E-state index is -0.425. The average Bonchev–Trinajstić information content (AvgIpc) is 2.89. The minimum Gasteiger partial charge on any atom is -0.306 e. The number of aromatic nitrogens is 4. The number of urea groups is 1. The largest absolute Gasteiger partial charge is 0.323 e. The molecule has 0 aliphatic rings. The Morgan fingerprint density at radius 3 is 2.46 bits per heavy atom. The zero-order valence-electron chi connectivity index (χ0n) is 13.1. The lowest BCUT2D eigenvalue weighted by atomic mass is 10.3. The molecule has 0 aliphatic heterocycles. The smallest absolute Gasteiger partial charge is 0.306 e. The molecule has 1 aromatic carbocycles. The van der Waals surface area contributed by atoms with Crippen LogP contribution in [0.2, 0.25) is 5.02 Å². The van der Waals surface area contributed by atoms with Crippen LogP contribution in [0.25, 0.3) is 5.95 Å². The van der Waals surface area contributed by atoms with E-state index in [1.54, 1.807) is 28.9 Å². The van der Waals surface area contributed by atoms with Gasteiger partial charge >= 0.3 is 6.03 Å². The van der Waals surface area contributed by atoms with E-state index in [2.05, 4.69) is 25.7 Å².